The van der Waals surface area contributed by atoms with Gasteiger partial charge in [0.15, 0.2) is 0 Å². The summed E-state index contributed by atoms with van der Waals surface area (Å²) in [4.78, 5) is 27.5. The molecule has 0 aliphatic carbocycles. The number of pyridine rings is 1. The van der Waals surface area contributed by atoms with Crippen molar-refractivity contribution in [1.82, 2.24) is 9.88 Å². The van der Waals surface area contributed by atoms with Crippen molar-refractivity contribution >= 4 is 5.91 Å². The van der Waals surface area contributed by atoms with E-state index >= 15 is 0 Å². The van der Waals surface area contributed by atoms with Gasteiger partial charge in [-0.25, -0.2) is 0 Å². The summed E-state index contributed by atoms with van der Waals surface area (Å²) >= 11 is 0. The van der Waals surface area contributed by atoms with Crippen LogP contribution in [0.1, 0.15) is 23.7 Å². The summed E-state index contributed by atoms with van der Waals surface area (Å²) in [5.74, 6) is 0.382. The van der Waals surface area contributed by atoms with Gasteiger partial charge in [0.1, 0.15) is 0 Å². The molecule has 1 saturated heterocycles. The standard InChI is InChI=1S/C12H17N3O2/c1-8-4-5-15(10(8)6-13)12(17)9-2-3-11(16)14-7-9/h2-3,7-8,10H,4-6,13H2,1H3,(H,14,16). The number of nitrogens with one attached hydrogen (secondary N) is 1. The number of aromatic amines is 1. The lowest BCUT2D eigenvalue weighted by atomic mass is 10.0. The predicted molar refractivity (Wildman–Crippen MR) is 64.7 cm³/mol. The van der Waals surface area contributed by atoms with E-state index in [-0.39, 0.29) is 17.5 Å². The summed E-state index contributed by atoms with van der Waals surface area (Å²) in [5, 5.41) is 0. The van der Waals surface area contributed by atoms with E-state index in [0.29, 0.717) is 18.0 Å². The Hall–Kier alpha value is -1.62. The molecular weight excluding hydrogens is 218 g/mol. The van der Waals surface area contributed by atoms with E-state index in [1.807, 2.05) is 0 Å². The summed E-state index contributed by atoms with van der Waals surface area (Å²) in [7, 11) is 0. The maximum Gasteiger partial charge on any atom is 0.255 e. The van der Waals surface area contributed by atoms with Gasteiger partial charge in [0.2, 0.25) is 5.56 Å². The maximum absolute atomic E-state index is 12.2. The lowest BCUT2D eigenvalue weighted by molar-refractivity contribution is 0.0727. The van der Waals surface area contributed by atoms with Crippen LogP contribution in [0.2, 0.25) is 0 Å². The largest absolute Gasteiger partial charge is 0.334 e. The second-order valence-corrected chi connectivity index (χ2v) is 4.51. The second kappa shape index (κ2) is 4.71. The highest BCUT2D eigenvalue weighted by Crippen LogP contribution is 2.24. The Morgan fingerprint density at radius 1 is 1.59 bits per heavy atom. The van der Waals surface area contributed by atoms with E-state index < -0.39 is 0 Å². The van der Waals surface area contributed by atoms with E-state index in [1.54, 1.807) is 11.0 Å². The van der Waals surface area contributed by atoms with Gasteiger partial charge in [-0.05, 0) is 18.4 Å². The Morgan fingerprint density at radius 2 is 2.35 bits per heavy atom. The average Bonchev–Trinajstić information content (AvgIpc) is 2.70. The first-order valence-corrected chi connectivity index (χ1v) is 5.83. The quantitative estimate of drug-likeness (QED) is 0.767. The number of hydrogen-bond donors (Lipinski definition) is 2. The van der Waals surface area contributed by atoms with Crippen molar-refractivity contribution in [2.24, 2.45) is 11.7 Å². The van der Waals surface area contributed by atoms with Crippen molar-refractivity contribution in [3.63, 3.8) is 0 Å². The summed E-state index contributed by atoms with van der Waals surface area (Å²) in [5.41, 5.74) is 6.01. The molecule has 5 nitrogen and oxygen atoms in total. The fraction of sp³-hybridized carbons (Fsp3) is 0.500. The van der Waals surface area contributed by atoms with E-state index in [2.05, 4.69) is 11.9 Å². The van der Waals surface area contributed by atoms with Crippen LogP contribution in [0.25, 0.3) is 0 Å². The highest BCUT2D eigenvalue weighted by Gasteiger charge is 2.33. The van der Waals surface area contributed by atoms with E-state index in [0.717, 1.165) is 13.0 Å². The third-order valence-corrected chi connectivity index (χ3v) is 3.42. The lowest BCUT2D eigenvalue weighted by Crippen LogP contribution is -2.42. The van der Waals surface area contributed by atoms with Gasteiger partial charge in [0.05, 0.1) is 5.56 Å². The monoisotopic (exact) mass is 235 g/mol. The molecule has 2 heterocycles. The average molecular weight is 235 g/mol. The van der Waals surface area contributed by atoms with Crippen LogP contribution in [0.3, 0.4) is 0 Å². The van der Waals surface area contributed by atoms with Gasteiger partial charge >= 0.3 is 0 Å². The van der Waals surface area contributed by atoms with Crippen LogP contribution in [0.4, 0.5) is 0 Å². The van der Waals surface area contributed by atoms with Gasteiger partial charge in [-0.3, -0.25) is 9.59 Å². The van der Waals surface area contributed by atoms with Crippen LogP contribution < -0.4 is 11.3 Å². The van der Waals surface area contributed by atoms with Gasteiger partial charge < -0.3 is 15.6 Å². The number of amides is 1. The molecule has 1 aromatic rings. The van der Waals surface area contributed by atoms with Gasteiger partial charge in [-0.2, -0.15) is 0 Å². The number of aromatic nitrogens is 1. The number of nitrogens with two attached hydrogens (primary N) is 1. The number of nitrogens with zero attached hydrogens (tertiary/aromatic N) is 1. The van der Waals surface area contributed by atoms with Crippen LogP contribution in [0.15, 0.2) is 23.1 Å². The molecule has 0 saturated carbocycles. The minimum atomic E-state index is -0.202. The van der Waals surface area contributed by atoms with E-state index in [4.69, 9.17) is 5.73 Å². The maximum atomic E-state index is 12.2. The molecule has 0 aromatic carbocycles. The molecule has 1 aromatic heterocycles. The van der Waals surface area contributed by atoms with Crippen molar-refractivity contribution in [2.75, 3.05) is 13.1 Å². The normalized spacial score (nSPS) is 24.0. The van der Waals surface area contributed by atoms with Crippen LogP contribution in [0.5, 0.6) is 0 Å². The minimum absolute atomic E-state index is 0.0546. The molecule has 0 radical (unpaired) electrons. The van der Waals surface area contributed by atoms with Crippen LogP contribution in [0, 0.1) is 5.92 Å². The molecular formula is C12H17N3O2. The van der Waals surface area contributed by atoms with Crippen LogP contribution in [-0.4, -0.2) is 34.9 Å². The van der Waals surface area contributed by atoms with E-state index in [1.165, 1.54) is 12.3 Å². The van der Waals surface area contributed by atoms with Crippen molar-refractivity contribution in [1.29, 1.82) is 0 Å². The highest BCUT2D eigenvalue weighted by atomic mass is 16.2. The molecule has 3 N–H and O–H groups in total. The minimum Gasteiger partial charge on any atom is -0.334 e. The Bertz CT molecular complexity index is 449. The highest BCUT2D eigenvalue weighted by molar-refractivity contribution is 5.94. The third kappa shape index (κ3) is 2.24. The second-order valence-electron chi connectivity index (χ2n) is 4.51. The van der Waals surface area contributed by atoms with Crippen LogP contribution in [-0.2, 0) is 0 Å². The number of rotatable bonds is 2. The fourth-order valence-corrected chi connectivity index (χ4v) is 2.33. The van der Waals surface area contributed by atoms with Crippen molar-refractivity contribution in [2.45, 2.75) is 19.4 Å². The van der Waals surface area contributed by atoms with Gasteiger partial charge in [-0.15, -0.1) is 0 Å². The lowest BCUT2D eigenvalue weighted by Gasteiger charge is -2.25. The molecule has 2 unspecified atom stereocenters. The van der Waals surface area contributed by atoms with Crippen molar-refractivity contribution < 1.29 is 4.79 Å². The third-order valence-electron chi connectivity index (χ3n) is 3.42. The van der Waals surface area contributed by atoms with Gasteiger partial charge in [0, 0.05) is 31.4 Å². The van der Waals surface area contributed by atoms with Crippen molar-refractivity contribution in [3.8, 4) is 0 Å². The first-order valence-electron chi connectivity index (χ1n) is 5.83. The first kappa shape index (κ1) is 11.9. The Morgan fingerprint density at radius 3 is 2.94 bits per heavy atom. The Balaban J connectivity index is 2.20. The molecule has 0 bridgehead atoms. The van der Waals surface area contributed by atoms with Crippen LogP contribution >= 0.6 is 0 Å². The summed E-state index contributed by atoms with van der Waals surface area (Å²) in [6, 6.07) is 3.02. The number of H-pyrrole nitrogens is 1. The predicted octanol–water partition coefficient (Wildman–Crippen LogP) is 0.184. The van der Waals surface area contributed by atoms with Crippen molar-refractivity contribution in [3.05, 3.63) is 34.2 Å². The smallest absolute Gasteiger partial charge is 0.255 e. The van der Waals surface area contributed by atoms with E-state index in [9.17, 15) is 9.59 Å². The number of likely N-dealkylation sites (tertiary alicyclic amines) is 1. The zero-order valence-electron chi connectivity index (χ0n) is 9.85. The molecule has 1 amide bonds. The Kier molecular flexibility index (Phi) is 3.28. The number of carbonyl (C=O) groups is 1. The number of carbonyl (C=O) groups excluding carboxylic acids is 1. The summed E-state index contributed by atoms with van der Waals surface area (Å²) in [6.45, 7) is 3.33. The molecule has 2 rings (SSSR count). The molecule has 1 aliphatic rings. The van der Waals surface area contributed by atoms with Gasteiger partial charge in [0.25, 0.3) is 5.91 Å². The zero-order chi connectivity index (χ0) is 12.4. The molecule has 0 spiro atoms. The molecule has 1 aliphatic heterocycles. The zero-order valence-corrected chi connectivity index (χ0v) is 9.85. The molecule has 17 heavy (non-hydrogen) atoms. The summed E-state index contributed by atoms with van der Waals surface area (Å²) in [6.07, 6.45) is 2.44. The molecule has 1 fully saturated rings. The topological polar surface area (TPSA) is 79.2 Å². The SMILES string of the molecule is CC1CCN(C(=O)c2ccc(=O)[nH]c2)C1CN. The van der Waals surface area contributed by atoms with Gasteiger partial charge in [-0.1, -0.05) is 6.92 Å². The Labute approximate surface area is 99.6 Å². The fourth-order valence-electron chi connectivity index (χ4n) is 2.33. The molecule has 92 valence electrons. The number of hydrogen-bond acceptors (Lipinski definition) is 3. The molecule has 5 heteroatoms. The first-order chi connectivity index (χ1) is 8.13. The summed E-state index contributed by atoms with van der Waals surface area (Å²) < 4.78 is 0. The molecule has 2 atom stereocenters.